The first-order valence-corrected chi connectivity index (χ1v) is 7.77. The van der Waals surface area contributed by atoms with Crippen molar-refractivity contribution in [2.45, 2.75) is 18.9 Å². The molecular formula is C16H25ClN2O. The minimum Gasteiger partial charge on any atom is -0.372 e. The van der Waals surface area contributed by atoms with Gasteiger partial charge in [-0.05, 0) is 63.6 Å². The molecule has 1 N–H and O–H groups in total. The number of hydrogen-bond acceptors (Lipinski definition) is 3. The highest BCUT2D eigenvalue weighted by molar-refractivity contribution is 6.30. The largest absolute Gasteiger partial charge is 0.372 e. The summed E-state index contributed by atoms with van der Waals surface area (Å²) in [5.74, 6) is 0.597. The van der Waals surface area contributed by atoms with Gasteiger partial charge in [-0.15, -0.1) is 0 Å². The lowest BCUT2D eigenvalue weighted by atomic mass is 9.88. The molecule has 1 saturated heterocycles. The Balaban J connectivity index is 2.04. The molecule has 0 amide bonds. The summed E-state index contributed by atoms with van der Waals surface area (Å²) in [6, 6.07) is 8.12. The van der Waals surface area contributed by atoms with Gasteiger partial charge < -0.3 is 15.0 Å². The summed E-state index contributed by atoms with van der Waals surface area (Å²) in [6.07, 6.45) is 2.54. The van der Waals surface area contributed by atoms with Crippen LogP contribution in [0.3, 0.4) is 0 Å². The zero-order valence-corrected chi connectivity index (χ0v) is 13.2. The molecule has 1 fully saturated rings. The first kappa shape index (κ1) is 15.8. The SMILES string of the molecule is CN(C)CCO[C@H](c1ccc(Cl)cc1)C1CCNCC1. The summed E-state index contributed by atoms with van der Waals surface area (Å²) in [5, 5.41) is 4.20. The standard InChI is InChI=1S/C16H25ClN2O/c1-19(2)11-12-20-16(14-7-9-18-10-8-14)13-3-5-15(17)6-4-13/h3-6,14,16,18H,7-12H2,1-2H3/t16-/m1/s1. The van der Waals surface area contributed by atoms with Crippen molar-refractivity contribution in [1.29, 1.82) is 0 Å². The van der Waals surface area contributed by atoms with Crippen molar-refractivity contribution in [3.8, 4) is 0 Å². The maximum atomic E-state index is 6.21. The average molecular weight is 297 g/mol. The molecule has 1 aliphatic rings. The topological polar surface area (TPSA) is 24.5 Å². The Morgan fingerprint density at radius 1 is 1.25 bits per heavy atom. The van der Waals surface area contributed by atoms with Gasteiger partial charge in [0, 0.05) is 11.6 Å². The third-order valence-electron chi connectivity index (χ3n) is 3.85. The van der Waals surface area contributed by atoms with E-state index < -0.39 is 0 Å². The fourth-order valence-corrected chi connectivity index (χ4v) is 2.79. The molecular weight excluding hydrogens is 272 g/mol. The number of likely N-dealkylation sites (N-methyl/N-ethyl adjacent to an activating group) is 1. The zero-order valence-electron chi connectivity index (χ0n) is 12.4. The molecule has 0 aromatic heterocycles. The van der Waals surface area contributed by atoms with Crippen LogP contribution in [0.15, 0.2) is 24.3 Å². The van der Waals surface area contributed by atoms with E-state index in [0.717, 1.165) is 31.3 Å². The highest BCUT2D eigenvalue weighted by atomic mass is 35.5. The lowest BCUT2D eigenvalue weighted by Gasteiger charge is -2.31. The first-order valence-electron chi connectivity index (χ1n) is 7.39. The van der Waals surface area contributed by atoms with Gasteiger partial charge in [0.15, 0.2) is 0 Å². The Labute approximate surface area is 127 Å². The van der Waals surface area contributed by atoms with Crippen LogP contribution < -0.4 is 5.32 Å². The van der Waals surface area contributed by atoms with Crippen LogP contribution in [0.2, 0.25) is 5.02 Å². The average Bonchev–Trinajstić information content (AvgIpc) is 2.46. The molecule has 1 aromatic rings. The molecule has 4 heteroatoms. The lowest BCUT2D eigenvalue weighted by Crippen LogP contribution is -2.32. The van der Waals surface area contributed by atoms with Crippen molar-refractivity contribution in [3.05, 3.63) is 34.9 Å². The van der Waals surface area contributed by atoms with Crippen LogP contribution in [0.1, 0.15) is 24.5 Å². The molecule has 1 atom stereocenters. The van der Waals surface area contributed by atoms with E-state index in [2.05, 4.69) is 36.4 Å². The van der Waals surface area contributed by atoms with Gasteiger partial charge in [0.05, 0.1) is 12.7 Å². The van der Waals surface area contributed by atoms with Crippen LogP contribution in [-0.2, 0) is 4.74 Å². The molecule has 0 bridgehead atoms. The minimum absolute atomic E-state index is 0.189. The van der Waals surface area contributed by atoms with Gasteiger partial charge in [0.2, 0.25) is 0 Å². The molecule has 1 aliphatic heterocycles. The minimum atomic E-state index is 0.189. The lowest BCUT2D eigenvalue weighted by molar-refractivity contribution is -0.00480. The van der Waals surface area contributed by atoms with Crippen LogP contribution >= 0.6 is 11.6 Å². The fraction of sp³-hybridized carbons (Fsp3) is 0.625. The first-order chi connectivity index (χ1) is 9.66. The summed E-state index contributed by atoms with van der Waals surface area (Å²) >= 11 is 5.99. The molecule has 0 radical (unpaired) electrons. The van der Waals surface area contributed by atoms with Gasteiger partial charge in [-0.1, -0.05) is 23.7 Å². The van der Waals surface area contributed by atoms with Crippen molar-refractivity contribution in [2.24, 2.45) is 5.92 Å². The van der Waals surface area contributed by atoms with E-state index >= 15 is 0 Å². The summed E-state index contributed by atoms with van der Waals surface area (Å²) < 4.78 is 6.21. The second-order valence-corrected chi connectivity index (χ2v) is 6.17. The van der Waals surface area contributed by atoms with E-state index in [-0.39, 0.29) is 6.10 Å². The van der Waals surface area contributed by atoms with Gasteiger partial charge in [-0.3, -0.25) is 0 Å². The van der Waals surface area contributed by atoms with E-state index in [1.54, 1.807) is 0 Å². The van der Waals surface area contributed by atoms with Crippen LogP contribution in [0.5, 0.6) is 0 Å². The predicted octanol–water partition coefficient (Wildman–Crippen LogP) is 2.96. The van der Waals surface area contributed by atoms with Crippen molar-refractivity contribution in [1.82, 2.24) is 10.2 Å². The second-order valence-electron chi connectivity index (χ2n) is 5.73. The van der Waals surface area contributed by atoms with Crippen molar-refractivity contribution in [3.63, 3.8) is 0 Å². The monoisotopic (exact) mass is 296 g/mol. The van der Waals surface area contributed by atoms with Crippen molar-refractivity contribution >= 4 is 11.6 Å². The molecule has 0 unspecified atom stereocenters. The second kappa shape index (κ2) is 7.99. The fourth-order valence-electron chi connectivity index (χ4n) is 2.67. The Morgan fingerprint density at radius 2 is 1.90 bits per heavy atom. The number of rotatable bonds is 6. The van der Waals surface area contributed by atoms with E-state index in [1.165, 1.54) is 18.4 Å². The highest BCUT2D eigenvalue weighted by Gasteiger charge is 2.25. The molecule has 3 nitrogen and oxygen atoms in total. The summed E-state index contributed by atoms with van der Waals surface area (Å²) in [7, 11) is 4.15. The van der Waals surface area contributed by atoms with Crippen molar-refractivity contribution < 1.29 is 4.74 Å². The third kappa shape index (κ3) is 4.74. The summed E-state index contributed by atoms with van der Waals surface area (Å²) in [4.78, 5) is 2.15. The van der Waals surface area contributed by atoms with Crippen molar-refractivity contribution in [2.75, 3.05) is 40.3 Å². The smallest absolute Gasteiger partial charge is 0.0854 e. The number of benzene rings is 1. The Hall–Kier alpha value is -0.610. The normalized spacial score (nSPS) is 18.4. The van der Waals surface area contributed by atoms with E-state index in [4.69, 9.17) is 16.3 Å². The quantitative estimate of drug-likeness (QED) is 0.873. The summed E-state index contributed by atoms with van der Waals surface area (Å²) in [6.45, 7) is 3.90. The summed E-state index contributed by atoms with van der Waals surface area (Å²) in [5.41, 5.74) is 1.25. The van der Waals surface area contributed by atoms with Gasteiger partial charge >= 0.3 is 0 Å². The van der Waals surface area contributed by atoms with Gasteiger partial charge in [-0.2, -0.15) is 0 Å². The van der Waals surface area contributed by atoms with Crippen LogP contribution in [-0.4, -0.2) is 45.2 Å². The van der Waals surface area contributed by atoms with E-state index in [1.807, 2.05) is 12.1 Å². The maximum absolute atomic E-state index is 6.21. The molecule has 112 valence electrons. The molecule has 2 rings (SSSR count). The van der Waals surface area contributed by atoms with Crippen LogP contribution in [0.4, 0.5) is 0 Å². The number of nitrogens with one attached hydrogen (secondary N) is 1. The van der Waals surface area contributed by atoms with E-state index in [0.29, 0.717) is 5.92 Å². The number of halogens is 1. The molecule has 0 spiro atoms. The number of piperidine rings is 1. The Bertz CT molecular complexity index is 388. The van der Waals surface area contributed by atoms with E-state index in [9.17, 15) is 0 Å². The highest BCUT2D eigenvalue weighted by Crippen LogP contribution is 2.32. The van der Waals surface area contributed by atoms with Crippen LogP contribution in [0.25, 0.3) is 0 Å². The third-order valence-corrected chi connectivity index (χ3v) is 4.10. The number of hydrogen-bond donors (Lipinski definition) is 1. The zero-order chi connectivity index (χ0) is 14.4. The maximum Gasteiger partial charge on any atom is 0.0854 e. The Morgan fingerprint density at radius 3 is 2.50 bits per heavy atom. The van der Waals surface area contributed by atoms with Gasteiger partial charge in [0.25, 0.3) is 0 Å². The molecule has 20 heavy (non-hydrogen) atoms. The Kier molecular flexibility index (Phi) is 6.30. The molecule has 1 aromatic carbocycles. The van der Waals surface area contributed by atoms with Gasteiger partial charge in [0.1, 0.15) is 0 Å². The number of ether oxygens (including phenoxy) is 1. The van der Waals surface area contributed by atoms with Crippen LogP contribution in [0, 0.1) is 5.92 Å². The number of nitrogens with zero attached hydrogens (tertiary/aromatic N) is 1. The van der Waals surface area contributed by atoms with Gasteiger partial charge in [-0.25, -0.2) is 0 Å². The molecule has 1 heterocycles. The predicted molar refractivity (Wildman–Crippen MR) is 84.3 cm³/mol. The molecule has 0 saturated carbocycles. The molecule has 0 aliphatic carbocycles.